The predicted molar refractivity (Wildman–Crippen MR) is 95.5 cm³/mol. The van der Waals surface area contributed by atoms with Gasteiger partial charge in [-0.2, -0.15) is 0 Å². The molecule has 25 heavy (non-hydrogen) atoms. The number of nitrogen functional groups attached to an aromatic ring is 1. The first kappa shape index (κ1) is 18.3. The van der Waals surface area contributed by atoms with E-state index in [0.717, 1.165) is 0 Å². The Morgan fingerprint density at radius 3 is 2.52 bits per heavy atom. The average Bonchev–Trinajstić information content (AvgIpc) is 2.62. The quantitative estimate of drug-likeness (QED) is 0.527. The summed E-state index contributed by atoms with van der Waals surface area (Å²) in [4.78, 5) is 20.3. The van der Waals surface area contributed by atoms with Crippen LogP contribution in [0.4, 0.5) is 17.3 Å². The van der Waals surface area contributed by atoms with Crippen LogP contribution in [0.25, 0.3) is 0 Å². The molecule has 0 radical (unpaired) electrons. The Morgan fingerprint density at radius 1 is 1.20 bits per heavy atom. The van der Waals surface area contributed by atoms with Crippen LogP contribution in [-0.4, -0.2) is 42.7 Å². The minimum Gasteiger partial charge on any atom is -0.497 e. The summed E-state index contributed by atoms with van der Waals surface area (Å²) in [7, 11) is 3.18. The number of hydrogen-bond acceptors (Lipinski definition) is 8. The van der Waals surface area contributed by atoms with Crippen LogP contribution in [0.2, 0.25) is 0 Å². The third kappa shape index (κ3) is 4.95. The fourth-order valence-electron chi connectivity index (χ4n) is 2.07. The normalized spacial score (nSPS) is 11.5. The van der Waals surface area contributed by atoms with Gasteiger partial charge >= 0.3 is 0 Å². The summed E-state index contributed by atoms with van der Waals surface area (Å²) < 4.78 is 10.1. The Kier molecular flexibility index (Phi) is 6.35. The zero-order valence-electron chi connectivity index (χ0n) is 14.4. The van der Waals surface area contributed by atoms with E-state index in [1.54, 1.807) is 38.5 Å². The molecular weight excluding hydrogens is 324 g/mol. The molecule has 0 aliphatic heterocycles. The lowest BCUT2D eigenvalue weighted by molar-refractivity contribution is 0.0962. The number of methoxy groups -OCH3 is 2. The van der Waals surface area contributed by atoms with Crippen LogP contribution in [0.5, 0.6) is 5.75 Å². The van der Waals surface area contributed by atoms with Crippen molar-refractivity contribution in [2.24, 2.45) is 0 Å². The molecule has 2 aromatic rings. The van der Waals surface area contributed by atoms with Crippen molar-refractivity contribution in [2.75, 3.05) is 37.3 Å². The van der Waals surface area contributed by atoms with E-state index < -0.39 is 0 Å². The summed E-state index contributed by atoms with van der Waals surface area (Å²) in [5.74, 6) is 1.10. The fraction of sp³-hybridized carbons (Fsp3) is 0.312. The SMILES string of the molecule is COCC(C)Nc1ncnc(NNC(=O)c2ccc(OC)cc2)c1N. The van der Waals surface area contributed by atoms with Crippen LogP contribution >= 0.6 is 0 Å². The molecule has 9 heteroatoms. The van der Waals surface area contributed by atoms with E-state index in [9.17, 15) is 4.79 Å². The van der Waals surface area contributed by atoms with Gasteiger partial charge < -0.3 is 20.5 Å². The van der Waals surface area contributed by atoms with Gasteiger partial charge in [-0.3, -0.25) is 15.6 Å². The summed E-state index contributed by atoms with van der Waals surface area (Å²) in [5.41, 5.74) is 12.0. The third-order valence-corrected chi connectivity index (χ3v) is 3.33. The molecule has 1 unspecified atom stereocenters. The van der Waals surface area contributed by atoms with Crippen LogP contribution in [0.1, 0.15) is 17.3 Å². The van der Waals surface area contributed by atoms with Crippen molar-refractivity contribution in [3.05, 3.63) is 36.2 Å². The number of rotatable bonds is 8. The molecule has 0 aliphatic carbocycles. The molecule has 1 amide bonds. The molecule has 1 aromatic heterocycles. The van der Waals surface area contributed by atoms with Gasteiger partial charge in [-0.25, -0.2) is 9.97 Å². The highest BCUT2D eigenvalue weighted by Crippen LogP contribution is 2.22. The molecule has 0 fully saturated rings. The molecule has 9 nitrogen and oxygen atoms in total. The van der Waals surface area contributed by atoms with E-state index in [0.29, 0.717) is 35.2 Å². The molecule has 0 aliphatic rings. The molecule has 0 spiro atoms. The van der Waals surface area contributed by atoms with E-state index >= 15 is 0 Å². The Bertz CT molecular complexity index is 708. The number of hydrogen-bond donors (Lipinski definition) is 4. The van der Waals surface area contributed by atoms with Gasteiger partial charge in [0.25, 0.3) is 5.91 Å². The van der Waals surface area contributed by atoms with Gasteiger partial charge in [0.2, 0.25) is 0 Å². The number of ether oxygens (including phenoxy) is 2. The maximum absolute atomic E-state index is 12.1. The van der Waals surface area contributed by atoms with Gasteiger partial charge in [-0.05, 0) is 31.2 Å². The number of nitrogens with one attached hydrogen (secondary N) is 3. The lowest BCUT2D eigenvalue weighted by atomic mass is 10.2. The predicted octanol–water partition coefficient (Wildman–Crippen LogP) is 1.27. The lowest BCUT2D eigenvalue weighted by Crippen LogP contribution is -2.30. The van der Waals surface area contributed by atoms with Gasteiger partial charge in [0.15, 0.2) is 11.6 Å². The molecule has 1 atom stereocenters. The largest absolute Gasteiger partial charge is 0.497 e. The van der Waals surface area contributed by atoms with Gasteiger partial charge in [0.1, 0.15) is 17.8 Å². The average molecular weight is 346 g/mol. The van der Waals surface area contributed by atoms with E-state index in [2.05, 4.69) is 26.1 Å². The summed E-state index contributed by atoms with van der Waals surface area (Å²) in [6.07, 6.45) is 1.35. The first-order valence-electron chi connectivity index (χ1n) is 7.61. The van der Waals surface area contributed by atoms with Gasteiger partial charge in [0, 0.05) is 18.7 Å². The van der Waals surface area contributed by atoms with E-state index in [1.807, 2.05) is 6.92 Å². The fourth-order valence-corrected chi connectivity index (χ4v) is 2.07. The van der Waals surface area contributed by atoms with Crippen LogP contribution in [0.15, 0.2) is 30.6 Å². The van der Waals surface area contributed by atoms with Crippen molar-refractivity contribution < 1.29 is 14.3 Å². The number of benzene rings is 1. The summed E-state index contributed by atoms with van der Waals surface area (Å²) in [5, 5.41) is 3.12. The molecule has 0 saturated carbocycles. The summed E-state index contributed by atoms with van der Waals surface area (Å²) in [6, 6.07) is 6.72. The first-order chi connectivity index (χ1) is 12.0. The molecule has 134 valence electrons. The van der Waals surface area contributed by atoms with Gasteiger partial charge in [0.05, 0.1) is 13.7 Å². The first-order valence-corrected chi connectivity index (χ1v) is 7.61. The zero-order valence-corrected chi connectivity index (χ0v) is 14.4. The lowest BCUT2D eigenvalue weighted by Gasteiger charge is -2.16. The maximum Gasteiger partial charge on any atom is 0.269 e. The van der Waals surface area contributed by atoms with E-state index in [1.165, 1.54) is 6.33 Å². The molecule has 1 aromatic carbocycles. The summed E-state index contributed by atoms with van der Waals surface area (Å²) >= 11 is 0. The maximum atomic E-state index is 12.1. The van der Waals surface area contributed by atoms with Crippen LogP contribution in [0, 0.1) is 0 Å². The Morgan fingerprint density at radius 2 is 1.88 bits per heavy atom. The highest BCUT2D eigenvalue weighted by atomic mass is 16.5. The molecular formula is C16H22N6O3. The van der Waals surface area contributed by atoms with Crippen LogP contribution in [0.3, 0.4) is 0 Å². The number of amides is 1. The van der Waals surface area contributed by atoms with Gasteiger partial charge in [-0.1, -0.05) is 0 Å². The molecule has 5 N–H and O–H groups in total. The Labute approximate surface area is 145 Å². The minimum atomic E-state index is -0.331. The smallest absolute Gasteiger partial charge is 0.269 e. The van der Waals surface area contributed by atoms with Crippen LogP contribution < -0.4 is 26.6 Å². The standard InChI is InChI=1S/C16H22N6O3/c1-10(8-24-2)20-14-13(17)15(19-9-18-14)21-22-16(23)11-4-6-12(25-3)7-5-11/h4-7,9-10H,8,17H2,1-3H3,(H,22,23)(H2,18,19,20,21). The van der Waals surface area contributed by atoms with Gasteiger partial charge in [-0.15, -0.1) is 0 Å². The van der Waals surface area contributed by atoms with E-state index in [-0.39, 0.29) is 11.9 Å². The van der Waals surface area contributed by atoms with Crippen molar-refractivity contribution in [3.8, 4) is 5.75 Å². The van der Waals surface area contributed by atoms with E-state index in [4.69, 9.17) is 15.2 Å². The number of carbonyl (C=O) groups is 1. The molecule has 0 saturated heterocycles. The van der Waals surface area contributed by atoms with Crippen molar-refractivity contribution in [2.45, 2.75) is 13.0 Å². The highest BCUT2D eigenvalue weighted by Gasteiger charge is 2.12. The Hall–Kier alpha value is -3.07. The topological polar surface area (TPSA) is 123 Å². The second kappa shape index (κ2) is 8.69. The minimum absolute atomic E-state index is 0.0175. The molecule has 0 bridgehead atoms. The molecule has 2 rings (SSSR count). The van der Waals surface area contributed by atoms with Crippen LogP contribution in [-0.2, 0) is 4.74 Å². The van der Waals surface area contributed by atoms with Crippen molar-refractivity contribution in [3.63, 3.8) is 0 Å². The monoisotopic (exact) mass is 346 g/mol. The number of nitrogens with zero attached hydrogens (tertiary/aromatic N) is 2. The number of carbonyl (C=O) groups excluding carboxylic acids is 1. The molecule has 1 heterocycles. The number of aromatic nitrogens is 2. The number of hydrazine groups is 1. The number of nitrogens with two attached hydrogens (primary N) is 1. The Balaban J connectivity index is 2.01. The zero-order chi connectivity index (χ0) is 18.2. The van der Waals surface area contributed by atoms with Crippen molar-refractivity contribution in [1.29, 1.82) is 0 Å². The van der Waals surface area contributed by atoms with Crippen molar-refractivity contribution in [1.82, 2.24) is 15.4 Å². The highest BCUT2D eigenvalue weighted by molar-refractivity contribution is 5.95. The third-order valence-electron chi connectivity index (χ3n) is 3.33. The summed E-state index contributed by atoms with van der Waals surface area (Å²) in [6.45, 7) is 2.43. The second-order valence-corrected chi connectivity index (χ2v) is 5.29. The second-order valence-electron chi connectivity index (χ2n) is 5.29. The number of anilines is 3. The van der Waals surface area contributed by atoms with Crippen molar-refractivity contribution >= 4 is 23.2 Å².